The molecule has 5 nitrogen and oxygen atoms in total. The number of aliphatic hydroxyl groups excluding tert-OH is 1. The SMILES string of the molecule is CCCCCC=CCC=CCC=CCCCCCCC(=O)OCC(CO)OC(=O)CCCCCCCC=CCCCCCCCC. The van der Waals surface area contributed by atoms with E-state index in [1.165, 1.54) is 83.5 Å². The fourth-order valence-corrected chi connectivity index (χ4v) is 5.14. The zero-order chi connectivity index (χ0) is 33.6. The maximum Gasteiger partial charge on any atom is 0.306 e. The lowest BCUT2D eigenvalue weighted by Crippen LogP contribution is -2.28. The maximum atomic E-state index is 12.1. The molecule has 5 heteroatoms. The van der Waals surface area contributed by atoms with Gasteiger partial charge in [-0.2, -0.15) is 0 Å². The predicted octanol–water partition coefficient (Wildman–Crippen LogP) is 11.8. The van der Waals surface area contributed by atoms with Gasteiger partial charge in [-0.15, -0.1) is 0 Å². The summed E-state index contributed by atoms with van der Waals surface area (Å²) in [5.41, 5.74) is 0. The number of carbonyl (C=O) groups excluding carboxylic acids is 2. The average Bonchev–Trinajstić information content (AvgIpc) is 3.06. The molecule has 1 unspecified atom stereocenters. The van der Waals surface area contributed by atoms with Gasteiger partial charge in [0, 0.05) is 12.8 Å². The molecule has 0 amide bonds. The smallest absolute Gasteiger partial charge is 0.306 e. The zero-order valence-corrected chi connectivity index (χ0v) is 30.1. The summed E-state index contributed by atoms with van der Waals surface area (Å²) in [5.74, 6) is -0.627. The second-order valence-corrected chi connectivity index (χ2v) is 12.6. The van der Waals surface area contributed by atoms with E-state index < -0.39 is 6.10 Å². The largest absolute Gasteiger partial charge is 0.462 e. The first kappa shape index (κ1) is 43.9. The Labute approximate surface area is 284 Å². The number of ether oxygens (including phenoxy) is 2. The number of aliphatic hydroxyl groups is 1. The first-order valence-electron chi connectivity index (χ1n) is 19.2. The van der Waals surface area contributed by atoms with Crippen LogP contribution in [0.25, 0.3) is 0 Å². The summed E-state index contributed by atoms with van der Waals surface area (Å²) < 4.78 is 10.6. The van der Waals surface area contributed by atoms with Gasteiger partial charge in [-0.25, -0.2) is 0 Å². The molecule has 0 fully saturated rings. The normalized spacial score (nSPS) is 12.7. The summed E-state index contributed by atoms with van der Waals surface area (Å²) in [6, 6.07) is 0. The van der Waals surface area contributed by atoms with Gasteiger partial charge in [0.25, 0.3) is 0 Å². The highest BCUT2D eigenvalue weighted by Crippen LogP contribution is 2.12. The van der Waals surface area contributed by atoms with Crippen molar-refractivity contribution in [2.45, 2.75) is 187 Å². The predicted molar refractivity (Wildman–Crippen MR) is 196 cm³/mol. The Kier molecular flexibility index (Phi) is 35.6. The first-order valence-corrected chi connectivity index (χ1v) is 19.2. The molecule has 1 N–H and O–H groups in total. The van der Waals surface area contributed by atoms with Gasteiger partial charge in [-0.3, -0.25) is 9.59 Å². The molecule has 0 aromatic heterocycles. The lowest BCUT2D eigenvalue weighted by molar-refractivity contribution is -0.161. The van der Waals surface area contributed by atoms with Gasteiger partial charge >= 0.3 is 11.9 Å². The molecule has 0 saturated carbocycles. The van der Waals surface area contributed by atoms with Crippen LogP contribution in [-0.4, -0.2) is 36.4 Å². The third-order valence-electron chi connectivity index (χ3n) is 8.10. The molecular formula is C41H72O5. The Balaban J connectivity index is 3.63. The van der Waals surface area contributed by atoms with E-state index in [1.807, 2.05) is 0 Å². The molecule has 266 valence electrons. The van der Waals surface area contributed by atoms with Crippen LogP contribution in [0, 0.1) is 0 Å². The van der Waals surface area contributed by atoms with E-state index in [4.69, 9.17) is 9.47 Å². The lowest BCUT2D eigenvalue weighted by atomic mass is 10.1. The highest BCUT2D eigenvalue weighted by Gasteiger charge is 2.16. The van der Waals surface area contributed by atoms with Gasteiger partial charge < -0.3 is 14.6 Å². The fourth-order valence-electron chi connectivity index (χ4n) is 5.14. The molecule has 0 rings (SSSR count). The van der Waals surface area contributed by atoms with Crippen LogP contribution in [0.1, 0.15) is 181 Å². The van der Waals surface area contributed by atoms with Crippen LogP contribution >= 0.6 is 0 Å². The van der Waals surface area contributed by atoms with E-state index in [9.17, 15) is 14.7 Å². The molecule has 0 heterocycles. The van der Waals surface area contributed by atoms with E-state index >= 15 is 0 Å². The van der Waals surface area contributed by atoms with Crippen molar-refractivity contribution in [2.24, 2.45) is 0 Å². The van der Waals surface area contributed by atoms with Gasteiger partial charge in [0.1, 0.15) is 6.61 Å². The van der Waals surface area contributed by atoms with Gasteiger partial charge in [0.05, 0.1) is 6.61 Å². The zero-order valence-electron chi connectivity index (χ0n) is 30.1. The fraction of sp³-hybridized carbons (Fsp3) is 0.756. The summed E-state index contributed by atoms with van der Waals surface area (Å²) in [7, 11) is 0. The highest BCUT2D eigenvalue weighted by molar-refractivity contribution is 5.70. The maximum absolute atomic E-state index is 12.1. The van der Waals surface area contributed by atoms with E-state index in [0.29, 0.717) is 12.8 Å². The summed E-state index contributed by atoms with van der Waals surface area (Å²) in [4.78, 5) is 24.2. The van der Waals surface area contributed by atoms with Crippen LogP contribution in [0.2, 0.25) is 0 Å². The number of carbonyl (C=O) groups is 2. The van der Waals surface area contributed by atoms with E-state index in [2.05, 4.69) is 62.5 Å². The third-order valence-corrected chi connectivity index (χ3v) is 8.10. The highest BCUT2D eigenvalue weighted by atomic mass is 16.6. The van der Waals surface area contributed by atoms with Crippen LogP contribution in [-0.2, 0) is 19.1 Å². The van der Waals surface area contributed by atoms with Crippen LogP contribution in [0.4, 0.5) is 0 Å². The van der Waals surface area contributed by atoms with Crippen LogP contribution in [0.3, 0.4) is 0 Å². The van der Waals surface area contributed by atoms with Crippen molar-refractivity contribution in [1.29, 1.82) is 0 Å². The number of unbranched alkanes of at least 4 members (excludes halogenated alkanes) is 18. The van der Waals surface area contributed by atoms with Gasteiger partial charge in [-0.1, -0.05) is 140 Å². The monoisotopic (exact) mass is 645 g/mol. The van der Waals surface area contributed by atoms with Crippen molar-refractivity contribution in [3.05, 3.63) is 48.6 Å². The van der Waals surface area contributed by atoms with Crippen molar-refractivity contribution in [3.8, 4) is 0 Å². The molecule has 0 aliphatic rings. The molecular weight excluding hydrogens is 572 g/mol. The number of esters is 2. The summed E-state index contributed by atoms with van der Waals surface area (Å²) in [6.07, 6.45) is 45.9. The molecule has 0 spiro atoms. The molecule has 0 aromatic carbocycles. The van der Waals surface area contributed by atoms with E-state index in [0.717, 1.165) is 70.6 Å². The molecule has 0 aromatic rings. The molecule has 0 radical (unpaired) electrons. The van der Waals surface area contributed by atoms with Crippen molar-refractivity contribution >= 4 is 11.9 Å². The van der Waals surface area contributed by atoms with Gasteiger partial charge in [0.2, 0.25) is 0 Å². The Morgan fingerprint density at radius 3 is 1.37 bits per heavy atom. The van der Waals surface area contributed by atoms with Crippen LogP contribution in [0.15, 0.2) is 48.6 Å². The van der Waals surface area contributed by atoms with Gasteiger partial charge in [0.15, 0.2) is 6.10 Å². The van der Waals surface area contributed by atoms with E-state index in [1.54, 1.807) is 0 Å². The van der Waals surface area contributed by atoms with Crippen molar-refractivity contribution in [2.75, 3.05) is 13.2 Å². The average molecular weight is 645 g/mol. The topological polar surface area (TPSA) is 72.8 Å². The number of hydrogen-bond donors (Lipinski definition) is 1. The van der Waals surface area contributed by atoms with Crippen LogP contribution < -0.4 is 0 Å². The minimum atomic E-state index is -0.784. The molecule has 0 bridgehead atoms. The van der Waals surface area contributed by atoms with Crippen molar-refractivity contribution in [3.63, 3.8) is 0 Å². The minimum Gasteiger partial charge on any atom is -0.462 e. The summed E-state index contributed by atoms with van der Waals surface area (Å²) >= 11 is 0. The quantitative estimate of drug-likeness (QED) is 0.0429. The molecule has 0 aliphatic carbocycles. The van der Waals surface area contributed by atoms with Crippen LogP contribution in [0.5, 0.6) is 0 Å². The Morgan fingerprint density at radius 1 is 0.500 bits per heavy atom. The second kappa shape index (κ2) is 37.3. The second-order valence-electron chi connectivity index (χ2n) is 12.6. The minimum absolute atomic E-state index is 0.0814. The molecule has 1 atom stereocenters. The van der Waals surface area contributed by atoms with Crippen molar-refractivity contribution in [1.82, 2.24) is 0 Å². The van der Waals surface area contributed by atoms with Gasteiger partial charge in [-0.05, 0) is 77.0 Å². The lowest BCUT2D eigenvalue weighted by Gasteiger charge is -2.15. The molecule has 0 aliphatic heterocycles. The van der Waals surface area contributed by atoms with E-state index in [-0.39, 0.29) is 25.2 Å². The Morgan fingerprint density at radius 2 is 0.870 bits per heavy atom. The number of allylic oxidation sites excluding steroid dienone is 8. The molecule has 0 saturated heterocycles. The standard InChI is InChI=1S/C41H72O5/c1-3-5-7-9-11-13-15-17-19-20-22-23-25-27-29-31-33-35-40(43)45-38-39(37-42)46-41(44)36-34-32-30-28-26-24-21-18-16-14-12-10-8-6-4-2/h11,13,17-19,21-23,39,42H,3-10,12,14-16,20,24-38H2,1-2H3. The number of hydrogen-bond acceptors (Lipinski definition) is 5. The summed E-state index contributed by atoms with van der Waals surface area (Å²) in [5, 5.41) is 9.54. The Hall–Kier alpha value is -2.14. The Bertz CT molecular complexity index is 782. The third kappa shape index (κ3) is 34.7. The molecule has 46 heavy (non-hydrogen) atoms. The summed E-state index contributed by atoms with van der Waals surface area (Å²) in [6.45, 7) is 4.07. The first-order chi connectivity index (χ1) is 22.6. The number of rotatable bonds is 34. The van der Waals surface area contributed by atoms with Crippen molar-refractivity contribution < 1.29 is 24.2 Å².